The van der Waals surface area contributed by atoms with Gasteiger partial charge in [-0.3, -0.25) is 0 Å². The summed E-state index contributed by atoms with van der Waals surface area (Å²) in [5.74, 6) is 0.967. The van der Waals surface area contributed by atoms with Crippen LogP contribution in [-0.4, -0.2) is 11.0 Å². The molecule has 0 N–H and O–H groups in total. The van der Waals surface area contributed by atoms with E-state index in [0.717, 1.165) is 25.2 Å². The molecule has 0 amide bonds. The third kappa shape index (κ3) is 5.23. The minimum Gasteiger partial charge on any atom is -0.493 e. The van der Waals surface area contributed by atoms with Crippen LogP contribution in [-0.2, 0) is 12.8 Å². The van der Waals surface area contributed by atoms with Crippen LogP contribution >= 0.6 is 22.6 Å². The van der Waals surface area contributed by atoms with Gasteiger partial charge in [0.15, 0.2) is 0 Å². The number of aryl methyl sites for hydroxylation is 1. The first-order chi connectivity index (χ1) is 9.38. The van der Waals surface area contributed by atoms with E-state index in [0.29, 0.717) is 0 Å². The standard InChI is InChI=1S/C17H19IO/c18-13-4-7-16-8-10-17(11-9-16)19-14-12-15-5-2-1-3-6-15/h1-3,5-6,8-11H,4,7,12-14H2. The molecule has 0 aliphatic heterocycles. The van der Waals surface area contributed by atoms with Gasteiger partial charge in [0.25, 0.3) is 0 Å². The highest BCUT2D eigenvalue weighted by Crippen LogP contribution is 2.14. The topological polar surface area (TPSA) is 9.23 Å². The Balaban J connectivity index is 1.77. The summed E-state index contributed by atoms with van der Waals surface area (Å²) in [6, 6.07) is 18.9. The van der Waals surface area contributed by atoms with Gasteiger partial charge in [0.05, 0.1) is 6.61 Å². The Morgan fingerprint density at radius 1 is 0.789 bits per heavy atom. The maximum absolute atomic E-state index is 5.77. The minimum absolute atomic E-state index is 0.733. The largest absolute Gasteiger partial charge is 0.493 e. The highest BCUT2D eigenvalue weighted by atomic mass is 127. The molecule has 0 radical (unpaired) electrons. The molecule has 2 rings (SSSR count). The van der Waals surface area contributed by atoms with Crippen molar-refractivity contribution in [3.63, 3.8) is 0 Å². The molecule has 2 aromatic rings. The van der Waals surface area contributed by atoms with E-state index in [1.807, 2.05) is 6.07 Å². The summed E-state index contributed by atoms with van der Waals surface area (Å²) in [4.78, 5) is 0. The summed E-state index contributed by atoms with van der Waals surface area (Å²) >= 11 is 2.42. The molecule has 1 nitrogen and oxygen atoms in total. The van der Waals surface area contributed by atoms with E-state index in [-0.39, 0.29) is 0 Å². The quantitative estimate of drug-likeness (QED) is 0.511. The van der Waals surface area contributed by atoms with Crippen LogP contribution in [0.15, 0.2) is 54.6 Å². The molecule has 19 heavy (non-hydrogen) atoms. The zero-order valence-electron chi connectivity index (χ0n) is 11.0. The SMILES string of the molecule is ICCCc1ccc(OCCc2ccccc2)cc1. The van der Waals surface area contributed by atoms with E-state index < -0.39 is 0 Å². The first kappa shape index (κ1) is 14.4. The van der Waals surface area contributed by atoms with Crippen LogP contribution in [0, 0.1) is 0 Å². The van der Waals surface area contributed by atoms with Crippen LogP contribution in [0.3, 0.4) is 0 Å². The molecular formula is C17H19IO. The predicted molar refractivity (Wildman–Crippen MR) is 89.3 cm³/mol. The maximum Gasteiger partial charge on any atom is 0.119 e. The second-order valence-corrected chi connectivity index (χ2v) is 5.60. The molecule has 0 saturated heterocycles. The lowest BCUT2D eigenvalue weighted by atomic mass is 10.1. The molecule has 0 heterocycles. The van der Waals surface area contributed by atoms with Gasteiger partial charge in [-0.15, -0.1) is 0 Å². The summed E-state index contributed by atoms with van der Waals surface area (Å²) in [7, 11) is 0. The fourth-order valence-electron chi connectivity index (χ4n) is 1.95. The first-order valence-electron chi connectivity index (χ1n) is 6.70. The third-order valence-electron chi connectivity index (χ3n) is 3.02. The molecule has 0 saturated carbocycles. The monoisotopic (exact) mass is 366 g/mol. The van der Waals surface area contributed by atoms with E-state index in [2.05, 4.69) is 71.1 Å². The van der Waals surface area contributed by atoms with E-state index >= 15 is 0 Å². The van der Waals surface area contributed by atoms with Gasteiger partial charge in [-0.1, -0.05) is 65.1 Å². The molecular weight excluding hydrogens is 347 g/mol. The molecule has 100 valence electrons. The Kier molecular flexibility index (Phi) is 6.21. The van der Waals surface area contributed by atoms with Crippen LogP contribution in [0.5, 0.6) is 5.75 Å². The average molecular weight is 366 g/mol. The lowest BCUT2D eigenvalue weighted by molar-refractivity contribution is 0.322. The Bertz CT molecular complexity index is 464. The highest BCUT2D eigenvalue weighted by Gasteiger charge is 1.97. The number of hydrogen-bond acceptors (Lipinski definition) is 1. The number of ether oxygens (including phenoxy) is 1. The number of rotatable bonds is 7. The molecule has 0 aromatic heterocycles. The molecule has 0 unspecified atom stereocenters. The number of benzene rings is 2. The summed E-state index contributed by atoms with van der Waals surface area (Å²) in [5, 5.41) is 0. The Hall–Kier alpha value is -1.03. The molecule has 0 spiro atoms. The van der Waals surface area contributed by atoms with Gasteiger partial charge >= 0.3 is 0 Å². The van der Waals surface area contributed by atoms with Crippen molar-refractivity contribution in [2.75, 3.05) is 11.0 Å². The van der Waals surface area contributed by atoms with Gasteiger partial charge < -0.3 is 4.74 Å². The summed E-state index contributed by atoms with van der Waals surface area (Å²) in [6.07, 6.45) is 3.36. The Morgan fingerprint density at radius 2 is 1.47 bits per heavy atom. The van der Waals surface area contributed by atoms with Crippen LogP contribution in [0.2, 0.25) is 0 Å². The van der Waals surface area contributed by atoms with Crippen molar-refractivity contribution in [3.8, 4) is 5.75 Å². The second kappa shape index (κ2) is 8.20. The lowest BCUT2D eigenvalue weighted by Gasteiger charge is -2.07. The Morgan fingerprint density at radius 3 is 2.16 bits per heavy atom. The van der Waals surface area contributed by atoms with Crippen LogP contribution in [0.25, 0.3) is 0 Å². The fraction of sp³-hybridized carbons (Fsp3) is 0.294. The molecule has 0 bridgehead atoms. The smallest absolute Gasteiger partial charge is 0.119 e. The van der Waals surface area contributed by atoms with E-state index in [1.165, 1.54) is 22.0 Å². The molecule has 0 aliphatic carbocycles. The van der Waals surface area contributed by atoms with E-state index in [1.54, 1.807) is 0 Å². The van der Waals surface area contributed by atoms with Crippen molar-refractivity contribution in [2.45, 2.75) is 19.3 Å². The predicted octanol–water partition coefficient (Wildman–Crippen LogP) is 4.68. The molecule has 0 aliphatic rings. The summed E-state index contributed by atoms with van der Waals surface area (Å²) < 4.78 is 6.98. The second-order valence-electron chi connectivity index (χ2n) is 4.52. The minimum atomic E-state index is 0.733. The van der Waals surface area contributed by atoms with Gasteiger partial charge in [0.1, 0.15) is 5.75 Å². The average Bonchev–Trinajstić information content (AvgIpc) is 2.47. The molecule has 0 fully saturated rings. The van der Waals surface area contributed by atoms with E-state index in [4.69, 9.17) is 4.74 Å². The lowest BCUT2D eigenvalue weighted by Crippen LogP contribution is -2.01. The van der Waals surface area contributed by atoms with Gasteiger partial charge in [-0.2, -0.15) is 0 Å². The zero-order valence-corrected chi connectivity index (χ0v) is 13.2. The molecule has 2 heteroatoms. The van der Waals surface area contributed by atoms with Gasteiger partial charge in [-0.05, 0) is 40.5 Å². The zero-order chi connectivity index (χ0) is 13.3. The van der Waals surface area contributed by atoms with Gasteiger partial charge in [0, 0.05) is 6.42 Å². The van der Waals surface area contributed by atoms with E-state index in [9.17, 15) is 0 Å². The number of alkyl halides is 1. The van der Waals surface area contributed by atoms with Gasteiger partial charge in [0.2, 0.25) is 0 Å². The molecule has 2 aromatic carbocycles. The van der Waals surface area contributed by atoms with Gasteiger partial charge in [-0.25, -0.2) is 0 Å². The van der Waals surface area contributed by atoms with Crippen molar-refractivity contribution in [1.29, 1.82) is 0 Å². The van der Waals surface area contributed by atoms with Crippen molar-refractivity contribution >= 4 is 22.6 Å². The Labute approximate surface area is 129 Å². The fourth-order valence-corrected chi connectivity index (χ4v) is 2.34. The van der Waals surface area contributed by atoms with Crippen molar-refractivity contribution < 1.29 is 4.74 Å². The summed E-state index contributed by atoms with van der Waals surface area (Å²) in [5.41, 5.74) is 2.72. The van der Waals surface area contributed by atoms with Crippen molar-refractivity contribution in [1.82, 2.24) is 0 Å². The highest BCUT2D eigenvalue weighted by molar-refractivity contribution is 14.1. The normalized spacial score (nSPS) is 10.4. The first-order valence-corrected chi connectivity index (χ1v) is 8.22. The van der Waals surface area contributed by atoms with Crippen LogP contribution < -0.4 is 4.74 Å². The molecule has 0 atom stereocenters. The number of hydrogen-bond donors (Lipinski definition) is 0. The summed E-state index contributed by atoms with van der Waals surface area (Å²) in [6.45, 7) is 0.733. The third-order valence-corrected chi connectivity index (χ3v) is 3.79. The van der Waals surface area contributed by atoms with Crippen molar-refractivity contribution in [2.24, 2.45) is 0 Å². The maximum atomic E-state index is 5.77. The number of halogens is 1. The van der Waals surface area contributed by atoms with Crippen molar-refractivity contribution in [3.05, 3.63) is 65.7 Å². The van der Waals surface area contributed by atoms with Crippen LogP contribution in [0.1, 0.15) is 17.5 Å². The van der Waals surface area contributed by atoms with Crippen LogP contribution in [0.4, 0.5) is 0 Å².